The predicted molar refractivity (Wildman–Crippen MR) is 64.4 cm³/mol. The molecular weight excluding hydrogens is 326 g/mol. The van der Waals surface area contributed by atoms with Crippen LogP contribution in [0, 0.1) is 0 Å². The van der Waals surface area contributed by atoms with E-state index >= 15 is 0 Å². The first-order valence-corrected chi connectivity index (χ1v) is 5.59. The van der Waals surface area contributed by atoms with E-state index in [2.05, 4.69) is 4.74 Å². The lowest BCUT2D eigenvalue weighted by Gasteiger charge is -2.12. The summed E-state index contributed by atoms with van der Waals surface area (Å²) in [7, 11) is 0. The second-order valence-corrected chi connectivity index (χ2v) is 4.22. The van der Waals surface area contributed by atoms with Gasteiger partial charge in [0, 0.05) is 0 Å². The molecule has 0 spiro atoms. The van der Waals surface area contributed by atoms with Crippen molar-refractivity contribution in [3.63, 3.8) is 0 Å². The molecule has 0 heterocycles. The third-order valence-electron chi connectivity index (χ3n) is 1.91. The highest BCUT2D eigenvalue weighted by Crippen LogP contribution is 2.32. The van der Waals surface area contributed by atoms with Crippen LogP contribution in [0.1, 0.15) is 10.4 Å². The third-order valence-corrected chi connectivity index (χ3v) is 2.54. The van der Waals surface area contributed by atoms with Gasteiger partial charge in [-0.05, 0) is 12.1 Å². The lowest BCUT2D eigenvalue weighted by molar-refractivity contribution is -0.159. The van der Waals surface area contributed by atoms with E-state index in [1.165, 1.54) is 12.1 Å². The van der Waals surface area contributed by atoms with Gasteiger partial charge in [-0.15, -0.1) is 0 Å². The Hall–Kier alpha value is -1.67. The number of halogens is 5. The minimum Gasteiger partial charge on any atom is -0.478 e. The molecule has 10 heteroatoms. The van der Waals surface area contributed by atoms with Crippen LogP contribution in [-0.4, -0.2) is 30.0 Å². The first-order valence-electron chi connectivity index (χ1n) is 4.83. The largest absolute Gasteiger partial charge is 0.478 e. The van der Waals surface area contributed by atoms with E-state index in [0.717, 1.165) is 0 Å². The molecule has 0 bridgehead atoms. The van der Waals surface area contributed by atoms with Gasteiger partial charge in [-0.25, -0.2) is 9.59 Å². The molecule has 0 aliphatic carbocycles. The maximum atomic E-state index is 11.9. The highest BCUT2D eigenvalue weighted by molar-refractivity contribution is 6.38. The van der Waals surface area contributed by atoms with E-state index in [-0.39, 0.29) is 10.0 Å². The fraction of sp³-hybridized carbons (Fsp3) is 0.200. The van der Waals surface area contributed by atoms with E-state index < -0.39 is 36.1 Å². The number of hydrogen-bond acceptors (Lipinski definition) is 3. The van der Waals surface area contributed by atoms with Gasteiger partial charge >= 0.3 is 18.2 Å². The van der Waals surface area contributed by atoms with Crippen molar-refractivity contribution in [2.45, 2.75) is 6.18 Å². The number of rotatable bonds is 3. The molecule has 2 N–H and O–H groups in total. The molecule has 0 saturated heterocycles. The Labute approximate surface area is 120 Å². The standard InChI is InChI=1S/C10H6Cl2F3NO4/c11-4-1-2-5(12)7(6(4)8(17)18)16-9(19)20-3-10(13,14)15/h1-2H,3H2,(H,16,19)(H,17,18). The summed E-state index contributed by atoms with van der Waals surface area (Å²) in [6.45, 7) is -1.82. The van der Waals surface area contributed by atoms with E-state index in [4.69, 9.17) is 28.3 Å². The average molecular weight is 332 g/mol. The molecule has 5 nitrogen and oxygen atoms in total. The van der Waals surface area contributed by atoms with E-state index in [0.29, 0.717) is 0 Å². The van der Waals surface area contributed by atoms with E-state index in [1.54, 1.807) is 0 Å². The first kappa shape index (κ1) is 16.4. The summed E-state index contributed by atoms with van der Waals surface area (Å²) >= 11 is 11.3. The summed E-state index contributed by atoms with van der Waals surface area (Å²) in [5, 5.41) is 10.3. The molecule has 20 heavy (non-hydrogen) atoms. The smallest absolute Gasteiger partial charge is 0.422 e. The number of benzene rings is 1. The molecule has 1 rings (SSSR count). The number of carboxylic acids is 1. The SMILES string of the molecule is O=C(Nc1c(Cl)ccc(Cl)c1C(=O)O)OCC(F)(F)F. The lowest BCUT2D eigenvalue weighted by Crippen LogP contribution is -2.24. The molecule has 0 atom stereocenters. The van der Waals surface area contributed by atoms with Crippen molar-refractivity contribution in [1.82, 2.24) is 0 Å². The summed E-state index contributed by atoms with van der Waals surface area (Å²) in [5.41, 5.74) is -0.998. The highest BCUT2D eigenvalue weighted by Gasteiger charge is 2.30. The predicted octanol–water partition coefficient (Wildman–Crippen LogP) is 3.80. The molecule has 0 unspecified atom stereocenters. The number of hydrogen-bond donors (Lipinski definition) is 2. The zero-order chi connectivity index (χ0) is 15.5. The van der Waals surface area contributed by atoms with E-state index in [9.17, 15) is 22.8 Å². The van der Waals surface area contributed by atoms with Crippen molar-refractivity contribution in [1.29, 1.82) is 0 Å². The number of nitrogens with one attached hydrogen (secondary N) is 1. The zero-order valence-corrected chi connectivity index (χ0v) is 10.9. The van der Waals surface area contributed by atoms with Gasteiger partial charge in [0.2, 0.25) is 0 Å². The Balaban J connectivity index is 2.95. The van der Waals surface area contributed by atoms with Gasteiger partial charge in [0.05, 0.1) is 15.7 Å². The number of carboxylic acid groups (broad SMARTS) is 1. The molecule has 1 amide bonds. The summed E-state index contributed by atoms with van der Waals surface area (Å²) in [4.78, 5) is 22.1. The lowest BCUT2D eigenvalue weighted by atomic mass is 10.2. The minimum atomic E-state index is -4.70. The monoisotopic (exact) mass is 331 g/mol. The topological polar surface area (TPSA) is 75.6 Å². The second-order valence-electron chi connectivity index (χ2n) is 3.40. The van der Waals surface area contributed by atoms with Crippen LogP contribution >= 0.6 is 23.2 Å². The van der Waals surface area contributed by atoms with Crippen LogP contribution in [0.4, 0.5) is 23.7 Å². The van der Waals surface area contributed by atoms with Crippen LogP contribution in [0.25, 0.3) is 0 Å². The maximum absolute atomic E-state index is 11.9. The Morgan fingerprint density at radius 3 is 2.30 bits per heavy atom. The fourth-order valence-electron chi connectivity index (χ4n) is 1.17. The molecular formula is C10H6Cl2F3NO4. The van der Waals surface area contributed by atoms with E-state index in [1.807, 2.05) is 5.32 Å². The van der Waals surface area contributed by atoms with Crippen LogP contribution in [-0.2, 0) is 4.74 Å². The normalized spacial score (nSPS) is 11.1. The average Bonchev–Trinajstić information content (AvgIpc) is 2.30. The van der Waals surface area contributed by atoms with Gasteiger partial charge in [-0.3, -0.25) is 5.32 Å². The van der Waals surface area contributed by atoms with Crippen LogP contribution in [0.3, 0.4) is 0 Å². The van der Waals surface area contributed by atoms with Crippen molar-refractivity contribution in [3.8, 4) is 0 Å². The zero-order valence-electron chi connectivity index (χ0n) is 9.42. The minimum absolute atomic E-state index is 0.212. The molecule has 0 aliphatic heterocycles. The molecule has 0 radical (unpaired) electrons. The van der Waals surface area contributed by atoms with Crippen LogP contribution < -0.4 is 5.32 Å². The van der Waals surface area contributed by atoms with Crippen molar-refractivity contribution in [2.75, 3.05) is 11.9 Å². The number of amides is 1. The Morgan fingerprint density at radius 2 is 1.80 bits per heavy atom. The van der Waals surface area contributed by atoms with Crippen LogP contribution in [0.2, 0.25) is 10.0 Å². The number of aromatic carboxylic acids is 1. The summed E-state index contributed by atoms with van der Waals surface area (Å²) in [6.07, 6.45) is -6.21. The number of ether oxygens (including phenoxy) is 1. The van der Waals surface area contributed by atoms with Crippen LogP contribution in [0.5, 0.6) is 0 Å². The van der Waals surface area contributed by atoms with Crippen molar-refractivity contribution in [2.24, 2.45) is 0 Å². The van der Waals surface area contributed by atoms with Crippen LogP contribution in [0.15, 0.2) is 12.1 Å². The Kier molecular flexibility index (Phi) is 5.07. The highest BCUT2D eigenvalue weighted by atomic mass is 35.5. The van der Waals surface area contributed by atoms with Gasteiger partial charge in [0.15, 0.2) is 6.61 Å². The number of alkyl halides is 3. The fourth-order valence-corrected chi connectivity index (χ4v) is 1.61. The van der Waals surface area contributed by atoms with Crippen molar-refractivity contribution >= 4 is 41.0 Å². The maximum Gasteiger partial charge on any atom is 0.422 e. The molecule has 0 saturated carbocycles. The molecule has 1 aromatic carbocycles. The molecule has 0 aromatic heterocycles. The molecule has 0 fully saturated rings. The summed E-state index contributed by atoms with van der Waals surface area (Å²) in [6, 6.07) is 2.34. The van der Waals surface area contributed by atoms with Crippen molar-refractivity contribution < 1.29 is 32.6 Å². The van der Waals surface area contributed by atoms with Crippen molar-refractivity contribution in [3.05, 3.63) is 27.7 Å². The first-order chi connectivity index (χ1) is 9.11. The number of anilines is 1. The van der Waals surface area contributed by atoms with Gasteiger partial charge in [-0.2, -0.15) is 13.2 Å². The number of carbonyl (C=O) groups excluding carboxylic acids is 1. The number of carbonyl (C=O) groups is 2. The Morgan fingerprint density at radius 1 is 1.25 bits per heavy atom. The molecule has 1 aromatic rings. The van der Waals surface area contributed by atoms with Gasteiger partial charge in [0.25, 0.3) is 0 Å². The second kappa shape index (κ2) is 6.19. The third kappa shape index (κ3) is 4.46. The quantitative estimate of drug-likeness (QED) is 0.883. The summed E-state index contributed by atoms with van der Waals surface area (Å²) < 4.78 is 39.4. The van der Waals surface area contributed by atoms with Gasteiger partial charge < -0.3 is 9.84 Å². The summed E-state index contributed by atoms with van der Waals surface area (Å²) in [5.74, 6) is -1.51. The molecule has 0 aliphatic rings. The van der Waals surface area contributed by atoms with Gasteiger partial charge in [-0.1, -0.05) is 23.2 Å². The Bertz CT molecular complexity index is 548. The van der Waals surface area contributed by atoms with Gasteiger partial charge in [0.1, 0.15) is 5.56 Å². The molecule has 110 valence electrons.